The Labute approximate surface area is 126 Å². The number of methoxy groups -OCH3 is 2. The number of hydrogen-bond donors (Lipinski definition) is 2. The van der Waals surface area contributed by atoms with Crippen LogP contribution in [0.4, 0.5) is 11.6 Å². The molecule has 0 atom stereocenters. The van der Waals surface area contributed by atoms with Crippen molar-refractivity contribution in [3.8, 4) is 11.5 Å². The van der Waals surface area contributed by atoms with Crippen LogP contribution in [-0.2, 0) is 0 Å². The zero-order chi connectivity index (χ0) is 15.5. The molecule has 3 rings (SSSR count). The molecule has 0 aliphatic heterocycles. The third-order valence-corrected chi connectivity index (χ3v) is 3.26. The number of hydrogen-bond acceptors (Lipinski definition) is 5. The van der Waals surface area contributed by atoms with E-state index in [1.54, 1.807) is 44.6 Å². The van der Waals surface area contributed by atoms with Crippen LogP contribution in [0.3, 0.4) is 0 Å². The summed E-state index contributed by atoms with van der Waals surface area (Å²) in [5.74, 6) is 1.60. The van der Waals surface area contributed by atoms with Crippen LogP contribution >= 0.6 is 0 Å². The van der Waals surface area contributed by atoms with Gasteiger partial charge in [-0.1, -0.05) is 12.1 Å². The lowest BCUT2D eigenvalue weighted by molar-refractivity contribution is 0.355. The van der Waals surface area contributed by atoms with Crippen LogP contribution in [0.15, 0.2) is 47.3 Å². The van der Waals surface area contributed by atoms with Gasteiger partial charge in [-0.3, -0.25) is 9.78 Å². The van der Waals surface area contributed by atoms with E-state index < -0.39 is 0 Å². The van der Waals surface area contributed by atoms with Crippen molar-refractivity contribution in [2.45, 2.75) is 0 Å². The van der Waals surface area contributed by atoms with Crippen LogP contribution < -0.4 is 20.3 Å². The van der Waals surface area contributed by atoms with E-state index in [1.807, 2.05) is 12.1 Å². The first kappa shape index (κ1) is 13.9. The molecule has 6 heteroatoms. The van der Waals surface area contributed by atoms with E-state index in [-0.39, 0.29) is 5.56 Å². The molecule has 2 aromatic carbocycles. The van der Waals surface area contributed by atoms with Crippen molar-refractivity contribution in [2.75, 3.05) is 19.5 Å². The highest BCUT2D eigenvalue weighted by molar-refractivity contribution is 5.78. The third kappa shape index (κ3) is 2.58. The van der Waals surface area contributed by atoms with E-state index >= 15 is 0 Å². The molecule has 1 aromatic heterocycles. The number of ether oxygens (including phenoxy) is 2. The van der Waals surface area contributed by atoms with Gasteiger partial charge in [-0.25, -0.2) is 4.98 Å². The van der Waals surface area contributed by atoms with Crippen LogP contribution in [0, 0.1) is 0 Å². The largest absolute Gasteiger partial charge is 0.493 e. The number of aromatic nitrogens is 2. The summed E-state index contributed by atoms with van der Waals surface area (Å²) in [5, 5.41) is 3.62. The minimum Gasteiger partial charge on any atom is -0.493 e. The van der Waals surface area contributed by atoms with E-state index in [0.29, 0.717) is 28.4 Å². The molecule has 1 heterocycles. The molecule has 0 amide bonds. The molecule has 6 nitrogen and oxygen atoms in total. The quantitative estimate of drug-likeness (QED) is 0.774. The van der Waals surface area contributed by atoms with Gasteiger partial charge in [-0.05, 0) is 24.3 Å². The molecule has 0 radical (unpaired) electrons. The fourth-order valence-corrected chi connectivity index (χ4v) is 2.20. The third-order valence-electron chi connectivity index (χ3n) is 3.26. The van der Waals surface area contributed by atoms with Crippen molar-refractivity contribution in [1.82, 2.24) is 9.97 Å². The average molecular weight is 297 g/mol. The molecule has 0 saturated carbocycles. The second kappa shape index (κ2) is 5.77. The first-order chi connectivity index (χ1) is 10.7. The molecule has 0 spiro atoms. The Kier molecular flexibility index (Phi) is 3.65. The maximum atomic E-state index is 12.0. The Morgan fingerprint density at radius 1 is 1.05 bits per heavy atom. The number of rotatable bonds is 4. The Balaban J connectivity index is 1.98. The van der Waals surface area contributed by atoms with E-state index in [1.165, 1.54) is 0 Å². The molecular formula is C16H15N3O3. The van der Waals surface area contributed by atoms with Crippen LogP contribution in [-0.4, -0.2) is 24.2 Å². The monoisotopic (exact) mass is 297 g/mol. The Hall–Kier alpha value is -3.02. The van der Waals surface area contributed by atoms with Crippen molar-refractivity contribution < 1.29 is 9.47 Å². The van der Waals surface area contributed by atoms with Gasteiger partial charge in [0.25, 0.3) is 5.56 Å². The van der Waals surface area contributed by atoms with Gasteiger partial charge in [0, 0.05) is 11.8 Å². The van der Waals surface area contributed by atoms with Crippen molar-refractivity contribution >= 4 is 22.5 Å². The SMILES string of the molecule is COc1ccc(Nc2nc3ccccc3c(=O)[nH]2)cc1OC. The minimum absolute atomic E-state index is 0.187. The molecule has 0 aliphatic rings. The van der Waals surface area contributed by atoms with E-state index in [4.69, 9.17) is 9.47 Å². The van der Waals surface area contributed by atoms with Crippen LogP contribution in [0.2, 0.25) is 0 Å². The molecule has 0 aliphatic carbocycles. The van der Waals surface area contributed by atoms with Crippen molar-refractivity contribution in [3.05, 3.63) is 52.8 Å². The predicted octanol–water partition coefficient (Wildman–Crippen LogP) is 2.68. The summed E-state index contributed by atoms with van der Waals surface area (Å²) in [5.41, 5.74) is 1.18. The average Bonchev–Trinajstić information content (AvgIpc) is 2.55. The van der Waals surface area contributed by atoms with Gasteiger partial charge < -0.3 is 14.8 Å². The number of benzene rings is 2. The lowest BCUT2D eigenvalue weighted by atomic mass is 10.2. The number of para-hydroxylation sites is 1. The van der Waals surface area contributed by atoms with Crippen molar-refractivity contribution in [3.63, 3.8) is 0 Å². The topological polar surface area (TPSA) is 76.2 Å². The number of nitrogens with zero attached hydrogens (tertiary/aromatic N) is 1. The van der Waals surface area contributed by atoms with Crippen molar-refractivity contribution in [1.29, 1.82) is 0 Å². The van der Waals surface area contributed by atoms with Gasteiger partial charge in [0.15, 0.2) is 11.5 Å². The van der Waals surface area contributed by atoms with Crippen LogP contribution in [0.5, 0.6) is 11.5 Å². The van der Waals surface area contributed by atoms with Gasteiger partial charge in [0.1, 0.15) is 0 Å². The molecule has 0 saturated heterocycles. The molecule has 112 valence electrons. The van der Waals surface area contributed by atoms with Crippen LogP contribution in [0.25, 0.3) is 10.9 Å². The molecule has 2 N–H and O–H groups in total. The lowest BCUT2D eigenvalue weighted by Crippen LogP contribution is -2.11. The number of nitrogens with one attached hydrogen (secondary N) is 2. The first-order valence-electron chi connectivity index (χ1n) is 6.69. The van der Waals surface area contributed by atoms with Gasteiger partial charge >= 0.3 is 0 Å². The molecule has 0 unspecified atom stereocenters. The Morgan fingerprint density at radius 2 is 1.82 bits per heavy atom. The van der Waals surface area contributed by atoms with E-state index in [2.05, 4.69) is 15.3 Å². The normalized spacial score (nSPS) is 10.5. The highest BCUT2D eigenvalue weighted by Crippen LogP contribution is 2.30. The summed E-state index contributed by atoms with van der Waals surface area (Å²) in [6, 6.07) is 12.5. The smallest absolute Gasteiger partial charge is 0.260 e. The predicted molar refractivity (Wildman–Crippen MR) is 85.2 cm³/mol. The lowest BCUT2D eigenvalue weighted by Gasteiger charge is -2.11. The summed E-state index contributed by atoms with van der Waals surface area (Å²) >= 11 is 0. The summed E-state index contributed by atoms with van der Waals surface area (Å²) < 4.78 is 10.4. The second-order valence-corrected chi connectivity index (χ2v) is 4.63. The molecular weight excluding hydrogens is 282 g/mol. The number of anilines is 2. The first-order valence-corrected chi connectivity index (χ1v) is 6.69. The molecule has 22 heavy (non-hydrogen) atoms. The summed E-state index contributed by atoms with van der Waals surface area (Å²) in [6.45, 7) is 0. The minimum atomic E-state index is -0.187. The standard InChI is InChI=1S/C16H15N3O3/c1-21-13-8-7-10(9-14(13)22-2)17-16-18-12-6-4-3-5-11(12)15(20)19-16/h3-9H,1-2H3,(H2,17,18,19,20). The summed E-state index contributed by atoms with van der Waals surface area (Å²) in [7, 11) is 3.14. The maximum absolute atomic E-state index is 12.0. The molecule has 3 aromatic rings. The van der Waals surface area contributed by atoms with Gasteiger partial charge in [-0.15, -0.1) is 0 Å². The van der Waals surface area contributed by atoms with Crippen LogP contribution in [0.1, 0.15) is 0 Å². The Morgan fingerprint density at radius 3 is 2.59 bits per heavy atom. The number of aromatic amines is 1. The van der Waals surface area contributed by atoms with E-state index in [9.17, 15) is 4.79 Å². The summed E-state index contributed by atoms with van der Waals surface area (Å²) in [6.07, 6.45) is 0. The van der Waals surface area contributed by atoms with Gasteiger partial charge in [0.2, 0.25) is 5.95 Å². The van der Waals surface area contributed by atoms with Gasteiger partial charge in [-0.2, -0.15) is 0 Å². The molecule has 0 fully saturated rings. The second-order valence-electron chi connectivity index (χ2n) is 4.63. The molecule has 0 bridgehead atoms. The fraction of sp³-hybridized carbons (Fsp3) is 0.125. The number of H-pyrrole nitrogens is 1. The number of fused-ring (bicyclic) bond motifs is 1. The fourth-order valence-electron chi connectivity index (χ4n) is 2.20. The highest BCUT2D eigenvalue weighted by Gasteiger charge is 2.07. The van der Waals surface area contributed by atoms with Crippen molar-refractivity contribution in [2.24, 2.45) is 0 Å². The highest BCUT2D eigenvalue weighted by atomic mass is 16.5. The van der Waals surface area contributed by atoms with Gasteiger partial charge in [0.05, 0.1) is 25.1 Å². The van der Waals surface area contributed by atoms with E-state index in [0.717, 1.165) is 5.69 Å². The Bertz CT molecular complexity index is 874. The zero-order valence-corrected chi connectivity index (χ0v) is 12.2. The maximum Gasteiger partial charge on any atom is 0.260 e. The summed E-state index contributed by atoms with van der Waals surface area (Å²) in [4.78, 5) is 19.1. The zero-order valence-electron chi connectivity index (χ0n) is 12.2.